The molecule has 1 aromatic heterocycles. The highest BCUT2D eigenvalue weighted by Crippen LogP contribution is 2.35. The van der Waals surface area contributed by atoms with Gasteiger partial charge in [0.05, 0.1) is 5.52 Å². The first kappa shape index (κ1) is 15.7. The lowest BCUT2D eigenvalue weighted by atomic mass is 10.1. The summed E-state index contributed by atoms with van der Waals surface area (Å²) in [5, 5.41) is 0.858. The zero-order valence-electron chi connectivity index (χ0n) is 12.5. The molecule has 3 nitrogen and oxygen atoms in total. The van der Waals surface area contributed by atoms with E-state index >= 15 is 0 Å². The van der Waals surface area contributed by atoms with Gasteiger partial charge in [0.15, 0.2) is 0 Å². The minimum atomic E-state index is -0.409. The Morgan fingerprint density at radius 1 is 1.30 bits per heavy atom. The fraction of sp³-hybridized carbons (Fsp3) is 0.167. The number of hydrogen-bond donors (Lipinski definition) is 0. The van der Waals surface area contributed by atoms with E-state index in [4.69, 9.17) is 4.74 Å². The van der Waals surface area contributed by atoms with Gasteiger partial charge in [-0.2, -0.15) is 0 Å². The predicted molar refractivity (Wildman–Crippen MR) is 90.7 cm³/mol. The molecule has 0 saturated heterocycles. The van der Waals surface area contributed by atoms with Gasteiger partial charge in [0, 0.05) is 28.2 Å². The molecule has 5 heteroatoms. The number of aromatic nitrogens is 1. The number of nitrogens with zero attached hydrogens (tertiary/aromatic N) is 1. The van der Waals surface area contributed by atoms with Gasteiger partial charge in [0.25, 0.3) is 6.47 Å². The van der Waals surface area contributed by atoms with Crippen molar-refractivity contribution in [2.45, 2.75) is 19.6 Å². The molecule has 0 N–H and O–H groups in total. The molecular weight excluding hydrogens is 361 g/mol. The highest BCUT2D eigenvalue weighted by atomic mass is 79.9. The number of carbonyl (C=O) groups is 1. The second-order valence-corrected chi connectivity index (χ2v) is 6.21. The quantitative estimate of drug-likeness (QED) is 0.598. The maximum Gasteiger partial charge on any atom is 0.293 e. The van der Waals surface area contributed by atoms with E-state index in [2.05, 4.69) is 15.9 Å². The molecule has 3 rings (SSSR count). The third-order valence-electron chi connectivity index (χ3n) is 3.82. The van der Waals surface area contributed by atoms with E-state index in [0.717, 1.165) is 22.0 Å². The molecule has 0 radical (unpaired) electrons. The van der Waals surface area contributed by atoms with Gasteiger partial charge in [-0.15, -0.1) is 0 Å². The van der Waals surface area contributed by atoms with E-state index in [1.165, 1.54) is 12.1 Å². The molecule has 118 valence electrons. The number of fused-ring (bicyclic) bond motifs is 1. The van der Waals surface area contributed by atoms with Gasteiger partial charge in [-0.3, -0.25) is 4.79 Å². The summed E-state index contributed by atoms with van der Waals surface area (Å²) < 4.78 is 21.5. The van der Waals surface area contributed by atoms with Crippen molar-refractivity contribution in [3.8, 4) is 0 Å². The number of carbonyl (C=O) groups excluding carboxylic acids is 1. The lowest BCUT2D eigenvalue weighted by molar-refractivity contribution is -0.133. The topological polar surface area (TPSA) is 31.2 Å². The van der Waals surface area contributed by atoms with Gasteiger partial charge in [0.1, 0.15) is 11.9 Å². The maximum absolute atomic E-state index is 13.8. The molecule has 0 amide bonds. The minimum Gasteiger partial charge on any atom is -0.460 e. The fourth-order valence-electron chi connectivity index (χ4n) is 2.75. The number of hydrogen-bond acceptors (Lipinski definition) is 2. The van der Waals surface area contributed by atoms with E-state index in [1.54, 1.807) is 6.92 Å². The highest BCUT2D eigenvalue weighted by molar-refractivity contribution is 9.10. The largest absolute Gasteiger partial charge is 0.460 e. The molecule has 23 heavy (non-hydrogen) atoms. The first-order valence-electron chi connectivity index (χ1n) is 7.21. The molecule has 0 aliphatic heterocycles. The highest BCUT2D eigenvalue weighted by Gasteiger charge is 2.18. The van der Waals surface area contributed by atoms with Crippen molar-refractivity contribution in [1.29, 1.82) is 0 Å². The van der Waals surface area contributed by atoms with Crippen LogP contribution in [0.15, 0.2) is 53.1 Å². The van der Waals surface area contributed by atoms with Crippen LogP contribution in [0, 0.1) is 5.82 Å². The smallest absolute Gasteiger partial charge is 0.293 e. The normalized spacial score (nSPS) is 12.3. The summed E-state index contributed by atoms with van der Waals surface area (Å²) in [5.41, 5.74) is 2.72. The average Bonchev–Trinajstić information content (AvgIpc) is 2.87. The lowest BCUT2D eigenvalue weighted by Crippen LogP contribution is -1.99. The Labute approximate surface area is 141 Å². The summed E-state index contributed by atoms with van der Waals surface area (Å²) in [4.78, 5) is 10.7. The van der Waals surface area contributed by atoms with E-state index in [-0.39, 0.29) is 5.82 Å². The number of halogens is 2. The minimum absolute atomic E-state index is 0.313. The van der Waals surface area contributed by atoms with Crippen LogP contribution in [-0.2, 0) is 16.1 Å². The Kier molecular flexibility index (Phi) is 4.48. The second kappa shape index (κ2) is 6.54. The van der Waals surface area contributed by atoms with E-state index < -0.39 is 6.10 Å². The summed E-state index contributed by atoms with van der Waals surface area (Å²) in [6, 6.07) is 12.9. The van der Waals surface area contributed by atoms with Gasteiger partial charge >= 0.3 is 0 Å². The van der Waals surface area contributed by atoms with Crippen molar-refractivity contribution in [2.75, 3.05) is 0 Å². The van der Waals surface area contributed by atoms with Crippen LogP contribution >= 0.6 is 15.9 Å². The van der Waals surface area contributed by atoms with Crippen molar-refractivity contribution < 1.29 is 13.9 Å². The molecule has 0 fully saturated rings. The van der Waals surface area contributed by atoms with Gasteiger partial charge in [-0.1, -0.05) is 30.3 Å². The standard InChI is InChI=1S/C18H15BrFNO2/c1-12(23-11-22)15-10-21(9-13-5-3-2-4-6-13)17-8-14(20)7-16(19)18(15)17/h2-8,10-12H,9H2,1H3. The zero-order chi connectivity index (χ0) is 16.4. The molecular formula is C18H15BrFNO2. The van der Waals surface area contributed by atoms with Crippen LogP contribution in [0.1, 0.15) is 24.2 Å². The van der Waals surface area contributed by atoms with Gasteiger partial charge in [-0.25, -0.2) is 4.39 Å². The maximum atomic E-state index is 13.8. The Morgan fingerprint density at radius 3 is 2.74 bits per heavy atom. The third kappa shape index (κ3) is 3.15. The van der Waals surface area contributed by atoms with Crippen LogP contribution < -0.4 is 0 Å². The van der Waals surface area contributed by atoms with Crippen molar-refractivity contribution >= 4 is 33.3 Å². The van der Waals surface area contributed by atoms with Crippen molar-refractivity contribution in [3.63, 3.8) is 0 Å². The number of benzene rings is 2. The zero-order valence-corrected chi connectivity index (χ0v) is 14.1. The van der Waals surface area contributed by atoms with Crippen LogP contribution in [0.3, 0.4) is 0 Å². The van der Waals surface area contributed by atoms with Gasteiger partial charge in [-0.05, 0) is 40.5 Å². The Morgan fingerprint density at radius 2 is 2.04 bits per heavy atom. The Hall–Kier alpha value is -2.14. The van der Waals surface area contributed by atoms with Crippen LogP contribution in [0.25, 0.3) is 10.9 Å². The molecule has 0 bridgehead atoms. The number of rotatable bonds is 5. The SMILES string of the molecule is CC(OC=O)c1cn(Cc2ccccc2)c2cc(F)cc(Br)c12. The van der Waals surface area contributed by atoms with Crippen LogP contribution in [0.2, 0.25) is 0 Å². The summed E-state index contributed by atoms with van der Waals surface area (Å²) in [6.07, 6.45) is 1.50. The first-order chi connectivity index (χ1) is 11.1. The van der Waals surface area contributed by atoms with E-state index in [9.17, 15) is 9.18 Å². The predicted octanol–water partition coefficient (Wildman–Crippen LogP) is 4.83. The molecule has 1 unspecified atom stereocenters. The average molecular weight is 376 g/mol. The summed E-state index contributed by atoms with van der Waals surface area (Å²) in [6.45, 7) is 2.84. The molecule has 3 aromatic rings. The van der Waals surface area contributed by atoms with E-state index in [0.29, 0.717) is 17.5 Å². The van der Waals surface area contributed by atoms with Crippen molar-refractivity contribution in [2.24, 2.45) is 0 Å². The summed E-state index contributed by atoms with van der Waals surface area (Å²) in [7, 11) is 0. The van der Waals surface area contributed by atoms with Gasteiger partial charge in [0.2, 0.25) is 0 Å². The Balaban J connectivity index is 2.15. The number of ether oxygens (including phenoxy) is 1. The molecule has 1 atom stereocenters. The van der Waals surface area contributed by atoms with Crippen LogP contribution in [0.4, 0.5) is 4.39 Å². The molecule has 0 aliphatic carbocycles. The van der Waals surface area contributed by atoms with Crippen LogP contribution in [0.5, 0.6) is 0 Å². The van der Waals surface area contributed by atoms with Crippen LogP contribution in [-0.4, -0.2) is 11.0 Å². The first-order valence-corrected chi connectivity index (χ1v) is 8.00. The van der Waals surface area contributed by atoms with Gasteiger partial charge < -0.3 is 9.30 Å². The second-order valence-electron chi connectivity index (χ2n) is 5.35. The lowest BCUT2D eigenvalue weighted by Gasteiger charge is -2.08. The summed E-state index contributed by atoms with van der Waals surface area (Å²) >= 11 is 3.42. The third-order valence-corrected chi connectivity index (χ3v) is 4.45. The molecule has 1 heterocycles. The molecule has 0 aliphatic rings. The Bertz CT molecular complexity index is 845. The van der Waals surface area contributed by atoms with E-state index in [1.807, 2.05) is 41.1 Å². The molecule has 2 aromatic carbocycles. The summed E-state index contributed by atoms with van der Waals surface area (Å²) in [5.74, 6) is -0.313. The fourth-order valence-corrected chi connectivity index (χ4v) is 3.40. The van der Waals surface area contributed by atoms with Crippen molar-refractivity contribution in [3.05, 3.63) is 70.1 Å². The monoisotopic (exact) mass is 375 g/mol. The molecule has 0 spiro atoms. The molecule has 0 saturated carbocycles. The van der Waals surface area contributed by atoms with Crippen molar-refractivity contribution in [1.82, 2.24) is 4.57 Å².